The summed E-state index contributed by atoms with van der Waals surface area (Å²) in [4.78, 5) is 53.3. The zero-order chi connectivity index (χ0) is 27.8. The fourth-order valence-corrected chi connectivity index (χ4v) is 4.59. The third-order valence-electron chi connectivity index (χ3n) is 6.54. The maximum Gasteiger partial charge on any atom is 0.408 e. The number of aliphatic hydroxyl groups is 1. The van der Waals surface area contributed by atoms with Crippen LogP contribution in [0.3, 0.4) is 0 Å². The number of ether oxygens (including phenoxy) is 2. The number of hydrogen-bond donors (Lipinski definition) is 3. The SMILES string of the molecule is C=CCCCCC[C@H](NC(=O)OC(C)(C)C)C(=O)N1C[C@@H](O)CC1C(=O)N[C@]1(C(=O)OCC)CC1C=C. The van der Waals surface area contributed by atoms with Crippen molar-refractivity contribution in [2.75, 3.05) is 13.2 Å². The molecule has 2 unspecified atom stereocenters. The lowest BCUT2D eigenvalue weighted by Crippen LogP contribution is -2.56. The quantitative estimate of drug-likeness (QED) is 0.193. The molecule has 1 saturated heterocycles. The Hall–Kier alpha value is -2.88. The standard InChI is InChI=1S/C27H43N3O7/c1-7-10-11-12-13-14-20(28-25(35)37-26(4,5)6)23(33)30-17-19(31)15-21(30)22(32)29-27(16-18(27)8-2)24(34)36-9-3/h7-8,18-21,31H,1-2,9-17H2,3-6H3,(H,28,35)(H,29,32)/t18?,19-,20-,21?,27+/m0/s1. The van der Waals surface area contributed by atoms with Gasteiger partial charge in [0.05, 0.1) is 12.7 Å². The van der Waals surface area contributed by atoms with Crippen LogP contribution in [0.25, 0.3) is 0 Å². The van der Waals surface area contributed by atoms with Gasteiger partial charge in [-0.2, -0.15) is 0 Å². The van der Waals surface area contributed by atoms with Crippen molar-refractivity contribution >= 4 is 23.9 Å². The molecule has 0 radical (unpaired) electrons. The minimum absolute atomic E-state index is 0.0216. The molecular formula is C27H43N3O7. The number of hydrogen-bond acceptors (Lipinski definition) is 7. The molecular weight excluding hydrogens is 478 g/mol. The van der Waals surface area contributed by atoms with Crippen molar-refractivity contribution < 1.29 is 33.8 Å². The maximum absolute atomic E-state index is 13.6. The molecule has 2 rings (SSSR count). The van der Waals surface area contributed by atoms with Crippen LogP contribution in [0.4, 0.5) is 4.79 Å². The summed E-state index contributed by atoms with van der Waals surface area (Å²) in [6, 6.07) is -1.93. The molecule has 37 heavy (non-hydrogen) atoms. The second-order valence-electron chi connectivity index (χ2n) is 10.7. The van der Waals surface area contributed by atoms with Gasteiger partial charge >= 0.3 is 12.1 Å². The number of alkyl carbamates (subject to hydrolysis) is 1. The van der Waals surface area contributed by atoms with E-state index in [1.54, 1.807) is 33.8 Å². The first-order valence-electron chi connectivity index (χ1n) is 13.1. The van der Waals surface area contributed by atoms with Crippen LogP contribution in [0.15, 0.2) is 25.3 Å². The van der Waals surface area contributed by atoms with Crippen molar-refractivity contribution in [3.63, 3.8) is 0 Å². The summed E-state index contributed by atoms with van der Waals surface area (Å²) in [5.74, 6) is -1.85. The van der Waals surface area contributed by atoms with Gasteiger partial charge in [0.1, 0.15) is 23.2 Å². The van der Waals surface area contributed by atoms with E-state index in [0.29, 0.717) is 19.3 Å². The van der Waals surface area contributed by atoms with Crippen LogP contribution in [0.5, 0.6) is 0 Å². The highest BCUT2D eigenvalue weighted by Crippen LogP contribution is 2.45. The van der Waals surface area contributed by atoms with Crippen LogP contribution in [0.1, 0.15) is 72.6 Å². The summed E-state index contributed by atoms with van der Waals surface area (Å²) in [6.07, 6.45) is 5.77. The van der Waals surface area contributed by atoms with Crippen LogP contribution >= 0.6 is 0 Å². The predicted octanol–water partition coefficient (Wildman–Crippen LogP) is 2.60. The number of amides is 3. The lowest BCUT2D eigenvalue weighted by atomic mass is 10.0. The third kappa shape index (κ3) is 8.31. The van der Waals surface area contributed by atoms with E-state index in [2.05, 4.69) is 23.8 Å². The number of rotatable bonds is 13. The first-order valence-corrected chi connectivity index (χ1v) is 13.1. The number of nitrogens with zero attached hydrogens (tertiary/aromatic N) is 1. The first-order chi connectivity index (χ1) is 17.4. The number of aliphatic hydroxyl groups excluding tert-OH is 1. The average molecular weight is 522 g/mol. The molecule has 2 fully saturated rings. The van der Waals surface area contributed by atoms with E-state index in [1.807, 2.05) is 6.08 Å². The Morgan fingerprint density at radius 2 is 1.89 bits per heavy atom. The van der Waals surface area contributed by atoms with Crippen LogP contribution in [0.2, 0.25) is 0 Å². The molecule has 10 heteroatoms. The second kappa shape index (κ2) is 13.1. The minimum atomic E-state index is -1.21. The first kappa shape index (κ1) is 30.3. The third-order valence-corrected chi connectivity index (χ3v) is 6.54. The maximum atomic E-state index is 13.6. The number of nitrogens with one attached hydrogen (secondary N) is 2. The molecule has 1 aliphatic heterocycles. The summed E-state index contributed by atoms with van der Waals surface area (Å²) < 4.78 is 10.5. The molecule has 0 bridgehead atoms. The van der Waals surface area contributed by atoms with Crippen LogP contribution in [-0.2, 0) is 23.9 Å². The van der Waals surface area contributed by atoms with Gasteiger partial charge in [0.15, 0.2) is 0 Å². The number of carbonyl (C=O) groups excluding carboxylic acids is 4. The zero-order valence-corrected chi connectivity index (χ0v) is 22.6. The summed E-state index contributed by atoms with van der Waals surface area (Å²) >= 11 is 0. The number of carbonyl (C=O) groups is 4. The smallest absolute Gasteiger partial charge is 0.408 e. The fourth-order valence-electron chi connectivity index (χ4n) is 4.59. The summed E-state index contributed by atoms with van der Waals surface area (Å²) in [6.45, 7) is 14.4. The van der Waals surface area contributed by atoms with Crippen LogP contribution in [-0.4, -0.2) is 76.4 Å². The molecule has 2 aliphatic rings. The highest BCUT2D eigenvalue weighted by molar-refractivity contribution is 5.96. The fraction of sp³-hybridized carbons (Fsp3) is 0.704. The molecule has 5 atom stereocenters. The van der Waals surface area contributed by atoms with Crippen molar-refractivity contribution in [3.8, 4) is 0 Å². The van der Waals surface area contributed by atoms with E-state index in [9.17, 15) is 24.3 Å². The van der Waals surface area contributed by atoms with Gasteiger partial charge in [-0.3, -0.25) is 9.59 Å². The van der Waals surface area contributed by atoms with Gasteiger partial charge in [0.25, 0.3) is 0 Å². The van der Waals surface area contributed by atoms with Gasteiger partial charge < -0.3 is 30.1 Å². The Bertz CT molecular complexity index is 869. The molecule has 10 nitrogen and oxygen atoms in total. The lowest BCUT2D eigenvalue weighted by molar-refractivity contribution is -0.150. The Balaban J connectivity index is 2.17. The molecule has 0 aromatic heterocycles. The van der Waals surface area contributed by atoms with Gasteiger partial charge in [0, 0.05) is 18.9 Å². The molecule has 3 amide bonds. The number of unbranched alkanes of at least 4 members (excludes halogenated alkanes) is 3. The van der Waals surface area contributed by atoms with E-state index in [4.69, 9.17) is 9.47 Å². The second-order valence-corrected chi connectivity index (χ2v) is 10.7. The molecule has 0 aromatic rings. The molecule has 0 spiro atoms. The van der Waals surface area contributed by atoms with E-state index in [0.717, 1.165) is 19.3 Å². The van der Waals surface area contributed by atoms with Crippen LogP contribution in [0, 0.1) is 5.92 Å². The van der Waals surface area contributed by atoms with Crippen LogP contribution < -0.4 is 10.6 Å². The van der Waals surface area contributed by atoms with Crippen molar-refractivity contribution in [3.05, 3.63) is 25.3 Å². The van der Waals surface area contributed by atoms with E-state index < -0.39 is 53.2 Å². The Labute approximate surface area is 219 Å². The Morgan fingerprint density at radius 1 is 1.19 bits per heavy atom. The molecule has 208 valence electrons. The summed E-state index contributed by atoms with van der Waals surface area (Å²) in [5, 5.41) is 15.8. The normalized spacial score (nSPS) is 25.5. The van der Waals surface area contributed by atoms with Gasteiger partial charge in [-0.1, -0.05) is 25.0 Å². The summed E-state index contributed by atoms with van der Waals surface area (Å²) in [7, 11) is 0. The monoisotopic (exact) mass is 521 g/mol. The molecule has 0 aromatic carbocycles. The van der Waals surface area contributed by atoms with Crippen molar-refractivity contribution in [1.82, 2.24) is 15.5 Å². The number of allylic oxidation sites excluding steroid dienone is 1. The minimum Gasteiger partial charge on any atom is -0.464 e. The predicted molar refractivity (Wildman–Crippen MR) is 138 cm³/mol. The lowest BCUT2D eigenvalue weighted by Gasteiger charge is -2.30. The Kier molecular flexibility index (Phi) is 10.7. The average Bonchev–Trinajstić information content (AvgIpc) is 3.39. The largest absolute Gasteiger partial charge is 0.464 e. The van der Waals surface area contributed by atoms with E-state index in [-0.39, 0.29) is 25.5 Å². The van der Waals surface area contributed by atoms with Gasteiger partial charge in [-0.25, -0.2) is 9.59 Å². The van der Waals surface area contributed by atoms with Gasteiger partial charge in [-0.05, 0) is 53.4 Å². The topological polar surface area (TPSA) is 134 Å². The van der Waals surface area contributed by atoms with E-state index >= 15 is 0 Å². The number of esters is 1. The number of likely N-dealkylation sites (tertiary alicyclic amines) is 1. The highest BCUT2D eigenvalue weighted by atomic mass is 16.6. The molecule has 1 saturated carbocycles. The molecule has 3 N–H and O–H groups in total. The van der Waals surface area contributed by atoms with Crippen molar-refractivity contribution in [2.24, 2.45) is 5.92 Å². The summed E-state index contributed by atoms with van der Waals surface area (Å²) in [5.41, 5.74) is -1.96. The van der Waals surface area contributed by atoms with Crippen molar-refractivity contribution in [2.45, 2.75) is 102 Å². The van der Waals surface area contributed by atoms with E-state index in [1.165, 1.54) is 4.90 Å². The highest BCUT2D eigenvalue weighted by Gasteiger charge is 2.62. The number of β-amino-alcohol motifs (C(OH)–C–C–N with tert-alkyl or cyclic N) is 1. The van der Waals surface area contributed by atoms with Gasteiger partial charge in [-0.15, -0.1) is 13.2 Å². The molecule has 1 heterocycles. The Morgan fingerprint density at radius 3 is 2.46 bits per heavy atom. The molecule has 1 aliphatic carbocycles. The van der Waals surface area contributed by atoms with Crippen molar-refractivity contribution in [1.29, 1.82) is 0 Å². The van der Waals surface area contributed by atoms with Gasteiger partial charge in [0.2, 0.25) is 11.8 Å². The zero-order valence-electron chi connectivity index (χ0n) is 22.6.